The van der Waals surface area contributed by atoms with Gasteiger partial charge >= 0.3 is 6.01 Å². The van der Waals surface area contributed by atoms with Gasteiger partial charge in [0, 0.05) is 28.9 Å². The zero-order chi connectivity index (χ0) is 22.0. The molecule has 9 heteroatoms. The van der Waals surface area contributed by atoms with E-state index in [4.69, 9.17) is 4.74 Å². The van der Waals surface area contributed by atoms with Crippen LogP contribution < -0.4 is 10.1 Å². The van der Waals surface area contributed by atoms with Crippen LogP contribution in [0.2, 0.25) is 0 Å². The summed E-state index contributed by atoms with van der Waals surface area (Å²) in [6.07, 6.45) is 3.29. The molecule has 2 N–H and O–H groups in total. The minimum atomic E-state index is -0.361. The van der Waals surface area contributed by atoms with Crippen LogP contribution in [0.5, 0.6) is 6.01 Å². The largest absolute Gasteiger partial charge is 0.467 e. The van der Waals surface area contributed by atoms with Crippen molar-refractivity contribution in [1.29, 1.82) is 0 Å². The molecule has 0 bridgehead atoms. The molecule has 0 saturated carbocycles. The number of thiazole rings is 1. The van der Waals surface area contributed by atoms with Crippen LogP contribution in [0.15, 0.2) is 48.8 Å². The highest BCUT2D eigenvalue weighted by Gasteiger charge is 2.20. The molecule has 158 valence electrons. The quantitative estimate of drug-likeness (QED) is 0.475. The summed E-state index contributed by atoms with van der Waals surface area (Å²) in [4.78, 5) is 30.6. The van der Waals surface area contributed by atoms with E-state index in [0.717, 1.165) is 11.1 Å². The number of hydrogen-bond donors (Lipinski definition) is 2. The van der Waals surface area contributed by atoms with Crippen molar-refractivity contribution in [3.8, 4) is 17.3 Å². The first-order valence-electron chi connectivity index (χ1n) is 9.56. The monoisotopic (exact) mass is 435 g/mol. The Balaban J connectivity index is 1.52. The molecule has 0 unspecified atom stereocenters. The zero-order valence-electron chi connectivity index (χ0n) is 17.3. The van der Waals surface area contributed by atoms with Crippen molar-refractivity contribution in [3.05, 3.63) is 59.9 Å². The Morgan fingerprint density at radius 2 is 1.81 bits per heavy atom. The lowest BCUT2D eigenvalue weighted by molar-refractivity contribution is 0.102. The summed E-state index contributed by atoms with van der Waals surface area (Å²) in [7, 11) is 1.51. The minimum absolute atomic E-state index is 0.0296. The van der Waals surface area contributed by atoms with Crippen LogP contribution in [0, 0.1) is 0 Å². The fraction of sp³-hybridized carbons (Fsp3) is 0.227. The number of carbonyl (C=O) groups excluding carboxylic acids is 1. The summed E-state index contributed by atoms with van der Waals surface area (Å²) in [6.45, 7) is 3.92. The van der Waals surface area contributed by atoms with Crippen LogP contribution in [0.3, 0.4) is 0 Å². The first-order chi connectivity index (χ1) is 14.9. The molecule has 31 heavy (non-hydrogen) atoms. The van der Waals surface area contributed by atoms with Gasteiger partial charge in [-0.05, 0) is 29.8 Å². The predicted molar refractivity (Wildman–Crippen MR) is 120 cm³/mol. The SMILES string of the molecule is COc1ncc(-c2ccc3nc(NC(=O)c4ccc(C(C)(C)CO)cc4)sc3n2)cn1. The zero-order valence-corrected chi connectivity index (χ0v) is 18.1. The molecule has 4 aromatic rings. The number of amides is 1. The van der Waals surface area contributed by atoms with Crippen LogP contribution >= 0.6 is 11.3 Å². The van der Waals surface area contributed by atoms with Crippen LogP contribution in [0.25, 0.3) is 21.6 Å². The Bertz CT molecular complexity index is 1220. The maximum Gasteiger partial charge on any atom is 0.316 e. The first kappa shape index (κ1) is 20.8. The van der Waals surface area contributed by atoms with Crippen molar-refractivity contribution in [3.63, 3.8) is 0 Å². The molecule has 0 aliphatic heterocycles. The van der Waals surface area contributed by atoms with Gasteiger partial charge in [0.05, 0.1) is 19.4 Å². The van der Waals surface area contributed by atoms with Gasteiger partial charge in [-0.25, -0.2) is 19.9 Å². The van der Waals surface area contributed by atoms with E-state index in [2.05, 4.69) is 25.3 Å². The molecule has 1 amide bonds. The molecule has 0 spiro atoms. The number of anilines is 1. The number of pyridine rings is 1. The Morgan fingerprint density at radius 1 is 1.10 bits per heavy atom. The van der Waals surface area contributed by atoms with E-state index in [1.54, 1.807) is 24.5 Å². The number of hydrogen-bond acceptors (Lipinski definition) is 8. The number of benzene rings is 1. The molecular formula is C22H21N5O3S. The lowest BCUT2D eigenvalue weighted by atomic mass is 9.85. The van der Waals surface area contributed by atoms with Gasteiger partial charge in [0.2, 0.25) is 0 Å². The standard InChI is InChI=1S/C22H21N5O3S/c1-22(2,12-28)15-6-4-13(5-7-15)18(29)27-21-26-17-9-8-16(25-19(17)31-21)14-10-23-20(30-3)24-11-14/h4-11,28H,12H2,1-3H3,(H,26,27,29). The maximum absolute atomic E-state index is 12.6. The van der Waals surface area contributed by atoms with Crippen molar-refractivity contribution >= 4 is 32.7 Å². The summed E-state index contributed by atoms with van der Waals surface area (Å²) in [6, 6.07) is 11.2. The highest BCUT2D eigenvalue weighted by Crippen LogP contribution is 2.28. The number of fused-ring (bicyclic) bond motifs is 1. The number of ether oxygens (including phenoxy) is 1. The second-order valence-electron chi connectivity index (χ2n) is 7.57. The average Bonchev–Trinajstić information content (AvgIpc) is 3.20. The molecular weight excluding hydrogens is 414 g/mol. The van der Waals surface area contributed by atoms with E-state index in [9.17, 15) is 9.90 Å². The van der Waals surface area contributed by atoms with Crippen molar-refractivity contribution in [2.75, 3.05) is 19.0 Å². The number of aromatic nitrogens is 4. The van der Waals surface area contributed by atoms with Gasteiger partial charge in [-0.3, -0.25) is 10.1 Å². The minimum Gasteiger partial charge on any atom is -0.467 e. The number of carbonyl (C=O) groups is 1. The number of nitrogens with one attached hydrogen (secondary N) is 1. The van der Waals surface area contributed by atoms with E-state index in [1.807, 2.05) is 38.1 Å². The van der Waals surface area contributed by atoms with Crippen LogP contribution in [0.4, 0.5) is 5.13 Å². The van der Waals surface area contributed by atoms with Gasteiger partial charge in [0.25, 0.3) is 5.91 Å². The maximum atomic E-state index is 12.6. The second-order valence-corrected chi connectivity index (χ2v) is 8.55. The molecule has 0 atom stereocenters. The molecule has 0 saturated heterocycles. The summed E-state index contributed by atoms with van der Waals surface area (Å²) in [5.41, 5.74) is 3.27. The van der Waals surface area contributed by atoms with E-state index < -0.39 is 0 Å². The fourth-order valence-corrected chi connectivity index (χ4v) is 3.75. The first-order valence-corrected chi connectivity index (χ1v) is 10.4. The second kappa shape index (κ2) is 8.37. The normalized spacial score (nSPS) is 11.5. The van der Waals surface area contributed by atoms with Crippen molar-refractivity contribution < 1.29 is 14.6 Å². The third kappa shape index (κ3) is 4.37. The van der Waals surface area contributed by atoms with Gasteiger partial charge in [-0.2, -0.15) is 0 Å². The van der Waals surface area contributed by atoms with Crippen LogP contribution in [-0.2, 0) is 5.41 Å². The Hall–Kier alpha value is -3.43. The third-order valence-electron chi connectivity index (χ3n) is 4.91. The lowest BCUT2D eigenvalue weighted by Crippen LogP contribution is -2.22. The van der Waals surface area contributed by atoms with Gasteiger partial charge in [-0.15, -0.1) is 0 Å². The Labute approximate surface area is 183 Å². The topological polar surface area (TPSA) is 110 Å². The van der Waals surface area contributed by atoms with Gasteiger partial charge in [0.15, 0.2) is 5.13 Å². The van der Waals surface area contributed by atoms with E-state index in [-0.39, 0.29) is 17.9 Å². The number of methoxy groups -OCH3 is 1. The Morgan fingerprint density at radius 3 is 2.45 bits per heavy atom. The molecule has 0 aliphatic rings. The van der Waals surface area contributed by atoms with E-state index in [0.29, 0.717) is 32.7 Å². The average molecular weight is 436 g/mol. The van der Waals surface area contributed by atoms with Gasteiger partial charge in [-0.1, -0.05) is 37.3 Å². The van der Waals surface area contributed by atoms with Crippen molar-refractivity contribution in [2.45, 2.75) is 19.3 Å². The van der Waals surface area contributed by atoms with E-state index in [1.165, 1.54) is 18.4 Å². The molecule has 3 heterocycles. The molecule has 8 nitrogen and oxygen atoms in total. The Kier molecular flexibility index (Phi) is 5.62. The smallest absolute Gasteiger partial charge is 0.316 e. The third-order valence-corrected chi connectivity index (χ3v) is 5.79. The van der Waals surface area contributed by atoms with Crippen LogP contribution in [-0.4, -0.2) is 44.7 Å². The number of nitrogens with zero attached hydrogens (tertiary/aromatic N) is 4. The summed E-state index contributed by atoms with van der Waals surface area (Å²) < 4.78 is 4.98. The molecule has 3 aromatic heterocycles. The lowest BCUT2D eigenvalue weighted by Gasteiger charge is -2.22. The van der Waals surface area contributed by atoms with Gasteiger partial charge in [0.1, 0.15) is 10.3 Å². The van der Waals surface area contributed by atoms with E-state index >= 15 is 0 Å². The van der Waals surface area contributed by atoms with Gasteiger partial charge < -0.3 is 9.84 Å². The number of aliphatic hydroxyl groups excluding tert-OH is 1. The molecule has 0 aliphatic carbocycles. The summed E-state index contributed by atoms with van der Waals surface area (Å²) >= 11 is 1.30. The fourth-order valence-electron chi connectivity index (χ4n) is 2.92. The molecule has 4 rings (SSSR count). The number of aliphatic hydroxyl groups is 1. The molecule has 1 aromatic carbocycles. The van der Waals surface area contributed by atoms with Crippen molar-refractivity contribution in [2.24, 2.45) is 0 Å². The summed E-state index contributed by atoms with van der Waals surface area (Å²) in [5.74, 6) is -0.254. The summed E-state index contributed by atoms with van der Waals surface area (Å²) in [5, 5.41) is 12.8. The van der Waals surface area contributed by atoms with Crippen LogP contribution in [0.1, 0.15) is 29.8 Å². The van der Waals surface area contributed by atoms with Crippen molar-refractivity contribution in [1.82, 2.24) is 19.9 Å². The highest BCUT2D eigenvalue weighted by atomic mass is 32.1. The predicted octanol–water partition coefficient (Wildman–Crippen LogP) is 3.68. The molecule has 0 radical (unpaired) electrons. The highest BCUT2D eigenvalue weighted by molar-refractivity contribution is 7.22. The number of rotatable bonds is 6. The molecule has 0 fully saturated rings.